The Morgan fingerprint density at radius 2 is 2.14 bits per heavy atom. The summed E-state index contributed by atoms with van der Waals surface area (Å²) in [6.45, 7) is 0.197. The van der Waals surface area contributed by atoms with Crippen molar-refractivity contribution in [3.05, 3.63) is 46.2 Å². The fourth-order valence-electron chi connectivity index (χ4n) is 2.16. The van der Waals surface area contributed by atoms with E-state index in [2.05, 4.69) is 14.8 Å². The average Bonchev–Trinajstić information content (AvgIpc) is 3.05. The Bertz CT molecular complexity index is 619. The molecule has 21 heavy (non-hydrogen) atoms. The summed E-state index contributed by atoms with van der Waals surface area (Å²) in [7, 11) is 0. The lowest BCUT2D eigenvalue weighted by Gasteiger charge is -2.16. The Morgan fingerprint density at radius 3 is 2.86 bits per heavy atom. The molecule has 1 aromatic heterocycles. The highest BCUT2D eigenvalue weighted by Crippen LogP contribution is 2.43. The van der Waals surface area contributed by atoms with Gasteiger partial charge in [-0.3, -0.25) is 0 Å². The number of aliphatic hydroxyl groups is 1. The van der Waals surface area contributed by atoms with Crippen LogP contribution in [0.2, 0.25) is 0 Å². The van der Waals surface area contributed by atoms with Gasteiger partial charge in [0.1, 0.15) is 0 Å². The molecule has 0 aliphatic carbocycles. The maximum Gasteiger partial charge on any atom is 0.586 e. The van der Waals surface area contributed by atoms with Crippen LogP contribution in [0, 0.1) is 0 Å². The molecule has 4 nitrogen and oxygen atoms in total. The second kappa shape index (κ2) is 5.59. The minimum Gasteiger partial charge on any atom is -0.395 e. The Balaban J connectivity index is 1.74. The van der Waals surface area contributed by atoms with Gasteiger partial charge in [0.05, 0.1) is 12.6 Å². The number of thiophene rings is 1. The molecule has 0 saturated carbocycles. The highest BCUT2D eigenvalue weighted by atomic mass is 32.1. The summed E-state index contributed by atoms with van der Waals surface area (Å²) < 4.78 is 35.1. The molecule has 7 heteroatoms. The number of benzene rings is 1. The highest BCUT2D eigenvalue weighted by Gasteiger charge is 2.44. The first-order valence-electron chi connectivity index (χ1n) is 6.33. The van der Waals surface area contributed by atoms with Crippen LogP contribution in [0.1, 0.15) is 17.2 Å². The van der Waals surface area contributed by atoms with Crippen molar-refractivity contribution in [3.63, 3.8) is 0 Å². The van der Waals surface area contributed by atoms with Gasteiger partial charge in [0.25, 0.3) is 0 Å². The van der Waals surface area contributed by atoms with Gasteiger partial charge in [-0.1, -0.05) is 12.1 Å². The fraction of sp³-hybridized carbons (Fsp3) is 0.286. The molecule has 2 N–H and O–H groups in total. The van der Waals surface area contributed by atoms with Gasteiger partial charge >= 0.3 is 6.29 Å². The van der Waals surface area contributed by atoms with Crippen molar-refractivity contribution in [2.75, 3.05) is 6.61 Å². The molecule has 0 amide bonds. The SMILES string of the molecule is OCC(NCc1cccc2c1OC(F)(F)O2)c1ccsc1. The van der Waals surface area contributed by atoms with Gasteiger partial charge in [0.2, 0.25) is 0 Å². The quantitative estimate of drug-likeness (QED) is 0.891. The van der Waals surface area contributed by atoms with Crippen LogP contribution in [0.3, 0.4) is 0 Å². The van der Waals surface area contributed by atoms with Crippen LogP contribution in [-0.2, 0) is 6.54 Å². The van der Waals surface area contributed by atoms with Crippen molar-refractivity contribution in [1.82, 2.24) is 5.32 Å². The van der Waals surface area contributed by atoms with E-state index < -0.39 is 6.29 Å². The maximum absolute atomic E-state index is 13.1. The molecule has 112 valence electrons. The van der Waals surface area contributed by atoms with Crippen molar-refractivity contribution in [3.8, 4) is 11.5 Å². The lowest BCUT2D eigenvalue weighted by Crippen LogP contribution is -2.26. The summed E-state index contributed by atoms with van der Waals surface area (Å²) in [5.74, 6) is 0.0624. The normalized spacial score (nSPS) is 16.9. The molecule has 1 aliphatic rings. The second-order valence-electron chi connectivity index (χ2n) is 4.58. The summed E-state index contributed by atoms with van der Waals surface area (Å²) >= 11 is 1.53. The summed E-state index contributed by atoms with van der Waals surface area (Å²) in [5, 5.41) is 16.4. The second-order valence-corrected chi connectivity index (χ2v) is 5.36. The predicted octanol–water partition coefficient (Wildman–Crippen LogP) is 2.89. The van der Waals surface area contributed by atoms with Gasteiger partial charge in [-0.05, 0) is 28.5 Å². The molecule has 2 heterocycles. The van der Waals surface area contributed by atoms with Gasteiger partial charge in [0, 0.05) is 12.1 Å². The van der Waals surface area contributed by atoms with E-state index in [4.69, 9.17) is 0 Å². The maximum atomic E-state index is 13.1. The highest BCUT2D eigenvalue weighted by molar-refractivity contribution is 7.07. The third kappa shape index (κ3) is 2.99. The van der Waals surface area contributed by atoms with E-state index in [9.17, 15) is 13.9 Å². The van der Waals surface area contributed by atoms with Crippen molar-refractivity contribution in [2.45, 2.75) is 18.9 Å². The number of halogens is 2. The van der Waals surface area contributed by atoms with E-state index in [0.29, 0.717) is 5.56 Å². The third-order valence-corrected chi connectivity index (χ3v) is 3.88. The van der Waals surface area contributed by atoms with Gasteiger partial charge in [-0.2, -0.15) is 11.3 Å². The molecule has 0 saturated heterocycles. The van der Waals surface area contributed by atoms with Gasteiger partial charge < -0.3 is 19.9 Å². The molecule has 1 aliphatic heterocycles. The number of para-hydroxylation sites is 1. The minimum absolute atomic E-state index is 0.0235. The van der Waals surface area contributed by atoms with Crippen LogP contribution < -0.4 is 14.8 Å². The molecule has 1 atom stereocenters. The summed E-state index contributed by atoms with van der Waals surface area (Å²) in [6.07, 6.45) is -3.62. The minimum atomic E-state index is -3.62. The van der Waals surface area contributed by atoms with Crippen molar-refractivity contribution in [1.29, 1.82) is 0 Å². The number of aliphatic hydroxyl groups excluding tert-OH is 1. The molecule has 0 bridgehead atoms. The zero-order chi connectivity index (χ0) is 14.9. The van der Waals surface area contributed by atoms with Crippen molar-refractivity contribution in [2.24, 2.45) is 0 Å². The van der Waals surface area contributed by atoms with Crippen LogP contribution in [0.25, 0.3) is 0 Å². The Hall–Kier alpha value is -1.70. The Kier molecular flexibility index (Phi) is 3.79. The van der Waals surface area contributed by atoms with Gasteiger partial charge in [0.15, 0.2) is 11.5 Å². The lowest BCUT2D eigenvalue weighted by atomic mass is 10.1. The molecule has 3 rings (SSSR count). The number of hydrogen-bond donors (Lipinski definition) is 2. The Morgan fingerprint density at radius 1 is 1.29 bits per heavy atom. The van der Waals surface area contributed by atoms with Crippen molar-refractivity contribution >= 4 is 11.3 Å². The zero-order valence-corrected chi connectivity index (χ0v) is 11.7. The molecule has 1 unspecified atom stereocenters. The van der Waals surface area contributed by atoms with Crippen LogP contribution in [-0.4, -0.2) is 18.0 Å². The van der Waals surface area contributed by atoms with Crippen LogP contribution in [0.5, 0.6) is 11.5 Å². The summed E-state index contributed by atoms with van der Waals surface area (Å²) in [6, 6.07) is 6.39. The van der Waals surface area contributed by atoms with Gasteiger partial charge in [-0.15, -0.1) is 8.78 Å². The molecular weight excluding hydrogens is 300 g/mol. The lowest BCUT2D eigenvalue weighted by molar-refractivity contribution is -0.286. The van der Waals surface area contributed by atoms with Crippen LogP contribution in [0.4, 0.5) is 8.78 Å². The molecule has 0 fully saturated rings. The predicted molar refractivity (Wildman–Crippen MR) is 73.6 cm³/mol. The number of rotatable bonds is 5. The van der Waals surface area contributed by atoms with E-state index >= 15 is 0 Å². The van der Waals surface area contributed by atoms with E-state index in [1.54, 1.807) is 12.1 Å². The molecule has 0 spiro atoms. The number of hydrogen-bond acceptors (Lipinski definition) is 5. The number of alkyl halides is 2. The number of ether oxygens (including phenoxy) is 2. The Labute approximate surface area is 123 Å². The molecular formula is C14H13F2NO3S. The number of nitrogens with one attached hydrogen (secondary N) is 1. The first kappa shape index (κ1) is 14.2. The average molecular weight is 313 g/mol. The monoisotopic (exact) mass is 313 g/mol. The zero-order valence-electron chi connectivity index (χ0n) is 10.9. The summed E-state index contributed by atoms with van der Waals surface area (Å²) in [4.78, 5) is 0. The van der Waals surface area contributed by atoms with Crippen LogP contribution >= 0.6 is 11.3 Å². The first-order chi connectivity index (χ1) is 10.1. The molecule has 1 aromatic carbocycles. The van der Waals surface area contributed by atoms with Gasteiger partial charge in [-0.25, -0.2) is 0 Å². The van der Waals surface area contributed by atoms with Crippen LogP contribution in [0.15, 0.2) is 35.0 Å². The fourth-order valence-corrected chi connectivity index (χ4v) is 2.87. The largest absolute Gasteiger partial charge is 0.586 e. The van der Waals surface area contributed by atoms with E-state index in [-0.39, 0.29) is 30.7 Å². The standard InChI is InChI=1S/C14H13F2NO3S/c15-14(16)19-12-3-1-2-9(13(12)20-14)6-17-11(7-18)10-4-5-21-8-10/h1-5,8,11,17-18H,6-7H2. The topological polar surface area (TPSA) is 50.7 Å². The van der Waals surface area contributed by atoms with Crippen molar-refractivity contribution < 1.29 is 23.4 Å². The van der Waals surface area contributed by atoms with E-state index in [1.165, 1.54) is 17.4 Å². The third-order valence-electron chi connectivity index (χ3n) is 3.18. The summed E-state index contributed by atoms with van der Waals surface area (Å²) in [5.41, 5.74) is 1.51. The smallest absolute Gasteiger partial charge is 0.395 e. The first-order valence-corrected chi connectivity index (χ1v) is 7.27. The number of fused-ring (bicyclic) bond motifs is 1. The molecule has 2 aromatic rings. The van der Waals surface area contributed by atoms with E-state index in [1.807, 2.05) is 16.8 Å². The van der Waals surface area contributed by atoms with E-state index in [0.717, 1.165) is 5.56 Å². The molecule has 0 radical (unpaired) electrons.